The van der Waals surface area contributed by atoms with Crippen LogP contribution in [0.3, 0.4) is 0 Å². The minimum atomic E-state index is -1.48. The molecule has 0 amide bonds. The number of hydrogen-bond donors (Lipinski definition) is 2. The first-order valence-electron chi connectivity index (χ1n) is 7.29. The van der Waals surface area contributed by atoms with Crippen LogP contribution < -0.4 is 5.32 Å². The van der Waals surface area contributed by atoms with Crippen molar-refractivity contribution in [2.45, 2.75) is 6.54 Å². The number of nitrogens with zero attached hydrogens (tertiary/aromatic N) is 5. The highest BCUT2D eigenvalue weighted by Crippen LogP contribution is 2.22. The maximum Gasteiger partial charge on any atom is 0.229 e. The van der Waals surface area contributed by atoms with Gasteiger partial charge in [-0.15, -0.1) is 0 Å². The van der Waals surface area contributed by atoms with E-state index in [4.69, 9.17) is 0 Å². The summed E-state index contributed by atoms with van der Waals surface area (Å²) >= 11 is 0. The van der Waals surface area contributed by atoms with Crippen molar-refractivity contribution in [1.82, 2.24) is 29.9 Å². The van der Waals surface area contributed by atoms with E-state index < -0.39 is 35.4 Å². The van der Waals surface area contributed by atoms with Crippen molar-refractivity contribution >= 4 is 22.7 Å². The second kappa shape index (κ2) is 6.10. The molecule has 0 atom stereocenters. The van der Waals surface area contributed by atoms with Crippen LogP contribution in [0.4, 0.5) is 29.2 Å². The Balaban J connectivity index is 1.73. The number of rotatable bonds is 4. The topological polar surface area (TPSA) is 84.3 Å². The second-order valence-corrected chi connectivity index (χ2v) is 5.33. The maximum atomic E-state index is 13.9. The van der Waals surface area contributed by atoms with E-state index in [1.54, 1.807) is 6.20 Å². The normalized spacial score (nSPS) is 11.2. The molecule has 0 spiro atoms. The molecular formula is C15H9F4N7. The molecule has 3 heterocycles. The summed E-state index contributed by atoms with van der Waals surface area (Å²) in [5, 5.41) is 13.7. The average molecular weight is 363 g/mol. The van der Waals surface area contributed by atoms with E-state index in [2.05, 4.69) is 30.6 Å². The zero-order valence-corrected chi connectivity index (χ0v) is 12.8. The summed E-state index contributed by atoms with van der Waals surface area (Å²) < 4.78 is 55.7. The number of nitrogens with one attached hydrogen (secondary N) is 2. The number of benzene rings is 1. The van der Waals surface area contributed by atoms with E-state index >= 15 is 0 Å². The van der Waals surface area contributed by atoms with Gasteiger partial charge in [0.05, 0.1) is 35.6 Å². The third-order valence-corrected chi connectivity index (χ3v) is 3.64. The van der Waals surface area contributed by atoms with Gasteiger partial charge in [0.2, 0.25) is 5.95 Å². The SMILES string of the molecule is Fc1cc(F)c(F)c(Cn2ncc3cnc(Nc4cn[nH]c4)nc32)c1F. The molecule has 0 aliphatic heterocycles. The van der Waals surface area contributed by atoms with E-state index in [9.17, 15) is 17.6 Å². The fourth-order valence-electron chi connectivity index (χ4n) is 2.40. The monoisotopic (exact) mass is 363 g/mol. The van der Waals surface area contributed by atoms with Crippen LogP contribution in [0.1, 0.15) is 5.56 Å². The minimum absolute atomic E-state index is 0.157. The lowest BCUT2D eigenvalue weighted by atomic mass is 10.2. The predicted molar refractivity (Wildman–Crippen MR) is 82.6 cm³/mol. The van der Waals surface area contributed by atoms with Gasteiger partial charge in [-0.3, -0.25) is 5.10 Å². The lowest BCUT2D eigenvalue weighted by molar-refractivity contribution is 0.432. The Bertz CT molecular complexity index is 1070. The van der Waals surface area contributed by atoms with E-state index in [-0.39, 0.29) is 17.7 Å². The number of aromatic amines is 1. The molecule has 0 saturated heterocycles. The van der Waals surface area contributed by atoms with E-state index in [0.29, 0.717) is 11.1 Å². The van der Waals surface area contributed by atoms with E-state index in [1.165, 1.54) is 18.6 Å². The number of anilines is 2. The molecular weight excluding hydrogens is 354 g/mol. The largest absolute Gasteiger partial charge is 0.321 e. The van der Waals surface area contributed by atoms with Gasteiger partial charge in [0, 0.05) is 18.5 Å². The summed E-state index contributed by atoms with van der Waals surface area (Å²) in [4.78, 5) is 8.29. The summed E-state index contributed by atoms with van der Waals surface area (Å²) in [6, 6.07) is 0.157. The van der Waals surface area contributed by atoms with Crippen LogP contribution in [0.15, 0.2) is 30.9 Å². The first-order valence-corrected chi connectivity index (χ1v) is 7.29. The molecule has 3 aromatic heterocycles. The first-order chi connectivity index (χ1) is 12.5. The molecule has 4 aromatic rings. The van der Waals surface area contributed by atoms with Gasteiger partial charge < -0.3 is 5.32 Å². The summed E-state index contributed by atoms with van der Waals surface area (Å²) in [5.74, 6) is -5.72. The van der Waals surface area contributed by atoms with Crippen LogP contribution in [-0.2, 0) is 6.54 Å². The molecule has 132 valence electrons. The van der Waals surface area contributed by atoms with Crippen molar-refractivity contribution in [3.05, 3.63) is 59.7 Å². The Kier molecular flexibility index (Phi) is 3.75. The number of halogens is 4. The van der Waals surface area contributed by atoms with Crippen molar-refractivity contribution < 1.29 is 17.6 Å². The number of aromatic nitrogens is 6. The zero-order valence-electron chi connectivity index (χ0n) is 12.8. The zero-order chi connectivity index (χ0) is 18.3. The van der Waals surface area contributed by atoms with Crippen molar-refractivity contribution in [2.75, 3.05) is 5.32 Å². The van der Waals surface area contributed by atoms with E-state index in [0.717, 1.165) is 4.68 Å². The average Bonchev–Trinajstić information content (AvgIpc) is 3.27. The molecule has 0 aliphatic carbocycles. The molecule has 0 aliphatic rings. The molecule has 0 fully saturated rings. The third-order valence-electron chi connectivity index (χ3n) is 3.64. The van der Waals surface area contributed by atoms with Gasteiger partial charge in [0.15, 0.2) is 28.9 Å². The van der Waals surface area contributed by atoms with Crippen molar-refractivity contribution in [2.24, 2.45) is 0 Å². The molecule has 26 heavy (non-hydrogen) atoms. The molecule has 7 nitrogen and oxygen atoms in total. The summed E-state index contributed by atoms with van der Waals surface area (Å²) in [6.07, 6.45) is 5.91. The lowest BCUT2D eigenvalue weighted by Crippen LogP contribution is -2.10. The van der Waals surface area contributed by atoms with Crippen LogP contribution in [0, 0.1) is 23.3 Å². The Morgan fingerprint density at radius 2 is 1.81 bits per heavy atom. The van der Waals surface area contributed by atoms with Gasteiger partial charge in [-0.1, -0.05) is 0 Å². The molecule has 0 unspecified atom stereocenters. The Morgan fingerprint density at radius 3 is 2.50 bits per heavy atom. The standard InChI is InChI=1S/C15H9F4N7/c16-10-1-11(17)13(19)9(12(10)18)6-26-14-7(3-23-26)2-20-15(25-14)24-8-4-21-22-5-8/h1-5H,6H2,(H,21,22)(H,20,24,25). The highest BCUT2D eigenvalue weighted by atomic mass is 19.2. The van der Waals surface area contributed by atoms with Gasteiger partial charge >= 0.3 is 0 Å². The molecule has 1 aromatic carbocycles. The molecule has 0 bridgehead atoms. The van der Waals surface area contributed by atoms with Gasteiger partial charge in [-0.05, 0) is 0 Å². The summed E-state index contributed by atoms with van der Waals surface area (Å²) in [7, 11) is 0. The first kappa shape index (κ1) is 16.0. The predicted octanol–water partition coefficient (Wildman–Crippen LogP) is 2.90. The van der Waals surface area contributed by atoms with Gasteiger partial charge in [0.1, 0.15) is 0 Å². The van der Waals surface area contributed by atoms with Gasteiger partial charge in [-0.2, -0.15) is 15.2 Å². The van der Waals surface area contributed by atoms with Crippen molar-refractivity contribution in [3.63, 3.8) is 0 Å². The smallest absolute Gasteiger partial charge is 0.229 e. The molecule has 0 saturated carbocycles. The molecule has 4 rings (SSSR count). The molecule has 11 heteroatoms. The van der Waals surface area contributed by atoms with Gasteiger partial charge in [0.25, 0.3) is 0 Å². The summed E-state index contributed by atoms with van der Waals surface area (Å²) in [6.45, 7) is -0.544. The third kappa shape index (κ3) is 2.72. The Morgan fingerprint density at radius 1 is 1.04 bits per heavy atom. The van der Waals surface area contributed by atoms with Crippen LogP contribution in [0.5, 0.6) is 0 Å². The minimum Gasteiger partial charge on any atom is -0.321 e. The number of fused-ring (bicyclic) bond motifs is 1. The van der Waals surface area contributed by atoms with Crippen molar-refractivity contribution in [3.8, 4) is 0 Å². The van der Waals surface area contributed by atoms with Gasteiger partial charge in [-0.25, -0.2) is 27.2 Å². The second-order valence-electron chi connectivity index (χ2n) is 5.33. The fraction of sp³-hybridized carbons (Fsp3) is 0.0667. The number of H-pyrrole nitrogens is 1. The lowest BCUT2D eigenvalue weighted by Gasteiger charge is -2.08. The van der Waals surface area contributed by atoms with Crippen LogP contribution in [0.25, 0.3) is 11.0 Å². The van der Waals surface area contributed by atoms with Crippen LogP contribution in [-0.4, -0.2) is 29.9 Å². The summed E-state index contributed by atoms with van der Waals surface area (Å²) in [5.41, 5.74) is 0.0460. The number of hydrogen-bond acceptors (Lipinski definition) is 5. The van der Waals surface area contributed by atoms with Crippen LogP contribution >= 0.6 is 0 Å². The highest BCUT2D eigenvalue weighted by molar-refractivity contribution is 5.75. The van der Waals surface area contributed by atoms with E-state index in [1.807, 2.05) is 0 Å². The Labute approximate surface area is 142 Å². The fourth-order valence-corrected chi connectivity index (χ4v) is 2.40. The van der Waals surface area contributed by atoms with Crippen LogP contribution in [0.2, 0.25) is 0 Å². The molecule has 2 N–H and O–H groups in total. The molecule has 0 radical (unpaired) electrons. The highest BCUT2D eigenvalue weighted by Gasteiger charge is 2.20. The Hall–Kier alpha value is -3.50. The maximum absolute atomic E-state index is 13.9. The quantitative estimate of drug-likeness (QED) is 0.430. The van der Waals surface area contributed by atoms with Crippen molar-refractivity contribution in [1.29, 1.82) is 0 Å².